The highest BCUT2D eigenvalue weighted by molar-refractivity contribution is 6.33. The van der Waals surface area contributed by atoms with Gasteiger partial charge < -0.3 is 21.2 Å². The molecule has 106 valence electrons. The molecule has 0 spiro atoms. The molecule has 0 aliphatic carbocycles. The van der Waals surface area contributed by atoms with Crippen molar-refractivity contribution in [2.45, 2.75) is 0 Å². The third kappa shape index (κ3) is 2.75. The van der Waals surface area contributed by atoms with Gasteiger partial charge in [0.1, 0.15) is 0 Å². The molecule has 0 fully saturated rings. The van der Waals surface area contributed by atoms with E-state index in [4.69, 9.17) is 22.5 Å². The number of rotatable bonds is 3. The smallest absolute Gasteiger partial charge is 0.203 e. The number of nitrogen functional groups attached to an aromatic ring is 1. The summed E-state index contributed by atoms with van der Waals surface area (Å²) in [4.78, 5) is 1.88. The molecule has 0 saturated carbocycles. The predicted octanol–water partition coefficient (Wildman–Crippen LogP) is 1.62. The molecule has 1 heterocycles. The Morgan fingerprint density at radius 2 is 2.20 bits per heavy atom. The van der Waals surface area contributed by atoms with Crippen LogP contribution in [0.4, 0.5) is 17.2 Å². The van der Waals surface area contributed by atoms with E-state index < -0.39 is 0 Å². The molecule has 8 nitrogen and oxygen atoms in total. The summed E-state index contributed by atoms with van der Waals surface area (Å²) in [6.45, 7) is 0. The standard InChI is InChI=1S/C11H13ClN6O2/c1-18(2)8-4-3-6(5-7(8)12)14-11(15-19)9-10(13)17-20-16-9/h3-5,19H,1-2H3,(H2,13,17)(H,14,15). The molecule has 0 bridgehead atoms. The number of anilines is 3. The minimum atomic E-state index is 0.0115. The van der Waals surface area contributed by atoms with Crippen molar-refractivity contribution in [1.29, 1.82) is 0 Å². The Morgan fingerprint density at radius 1 is 1.45 bits per heavy atom. The summed E-state index contributed by atoms with van der Waals surface area (Å²) in [5, 5.41) is 22.4. The Hall–Kier alpha value is -2.48. The molecule has 20 heavy (non-hydrogen) atoms. The first-order chi connectivity index (χ1) is 9.52. The number of oxime groups is 1. The number of aromatic nitrogens is 2. The van der Waals surface area contributed by atoms with Gasteiger partial charge in [-0.1, -0.05) is 16.8 Å². The molecule has 0 atom stereocenters. The summed E-state index contributed by atoms with van der Waals surface area (Å²) < 4.78 is 4.45. The summed E-state index contributed by atoms with van der Waals surface area (Å²) in [5.41, 5.74) is 7.11. The summed E-state index contributed by atoms with van der Waals surface area (Å²) in [5.74, 6) is 0.0266. The van der Waals surface area contributed by atoms with Gasteiger partial charge in [-0.3, -0.25) is 0 Å². The van der Waals surface area contributed by atoms with Crippen LogP contribution in [0.3, 0.4) is 0 Å². The number of nitrogens with one attached hydrogen (secondary N) is 1. The third-order valence-electron chi connectivity index (χ3n) is 2.53. The molecule has 2 aromatic rings. The van der Waals surface area contributed by atoms with E-state index in [-0.39, 0.29) is 17.3 Å². The van der Waals surface area contributed by atoms with Crippen LogP contribution in [0.25, 0.3) is 0 Å². The molecule has 0 aliphatic rings. The molecule has 0 radical (unpaired) electrons. The number of amidine groups is 1. The Morgan fingerprint density at radius 3 is 2.70 bits per heavy atom. The van der Waals surface area contributed by atoms with Crippen LogP contribution in [0.2, 0.25) is 5.02 Å². The minimum Gasteiger partial charge on any atom is -0.409 e. The SMILES string of the molecule is CN(C)c1ccc(N/C(=N/O)c2nonc2N)cc1Cl. The largest absolute Gasteiger partial charge is 0.409 e. The fraction of sp³-hybridized carbons (Fsp3) is 0.182. The highest BCUT2D eigenvalue weighted by Crippen LogP contribution is 2.27. The van der Waals surface area contributed by atoms with E-state index in [9.17, 15) is 0 Å². The second-order valence-electron chi connectivity index (χ2n) is 4.13. The molecule has 2 rings (SSSR count). The van der Waals surface area contributed by atoms with E-state index in [0.29, 0.717) is 10.7 Å². The van der Waals surface area contributed by atoms with Crippen LogP contribution in [-0.4, -0.2) is 35.5 Å². The second-order valence-corrected chi connectivity index (χ2v) is 4.54. The highest BCUT2D eigenvalue weighted by Gasteiger charge is 2.15. The lowest BCUT2D eigenvalue weighted by molar-refractivity contribution is 0.305. The van der Waals surface area contributed by atoms with Gasteiger partial charge in [-0.05, 0) is 28.5 Å². The van der Waals surface area contributed by atoms with E-state index in [2.05, 4.69) is 25.4 Å². The van der Waals surface area contributed by atoms with Gasteiger partial charge in [-0.15, -0.1) is 0 Å². The summed E-state index contributed by atoms with van der Waals surface area (Å²) >= 11 is 6.15. The fourth-order valence-electron chi connectivity index (χ4n) is 1.58. The Balaban J connectivity index is 2.26. The lowest BCUT2D eigenvalue weighted by Gasteiger charge is -2.15. The quantitative estimate of drug-likeness (QED) is 0.341. The highest BCUT2D eigenvalue weighted by atomic mass is 35.5. The average Bonchev–Trinajstić information content (AvgIpc) is 2.82. The van der Waals surface area contributed by atoms with Crippen LogP contribution < -0.4 is 16.0 Å². The monoisotopic (exact) mass is 296 g/mol. The van der Waals surface area contributed by atoms with Crippen molar-refractivity contribution in [3.05, 3.63) is 28.9 Å². The maximum atomic E-state index is 9.01. The molecular formula is C11H13ClN6O2. The maximum Gasteiger partial charge on any atom is 0.203 e. The molecule has 4 N–H and O–H groups in total. The summed E-state index contributed by atoms with van der Waals surface area (Å²) in [6.07, 6.45) is 0. The molecule has 0 unspecified atom stereocenters. The zero-order valence-corrected chi connectivity index (χ0v) is 11.6. The zero-order chi connectivity index (χ0) is 14.7. The molecular weight excluding hydrogens is 284 g/mol. The lowest BCUT2D eigenvalue weighted by Crippen LogP contribution is -2.16. The minimum absolute atomic E-state index is 0.0115. The molecule has 1 aromatic heterocycles. The van der Waals surface area contributed by atoms with Crippen molar-refractivity contribution in [1.82, 2.24) is 10.3 Å². The van der Waals surface area contributed by atoms with Gasteiger partial charge in [0.25, 0.3) is 0 Å². The topological polar surface area (TPSA) is 113 Å². The van der Waals surface area contributed by atoms with Gasteiger partial charge in [-0.2, -0.15) is 0 Å². The van der Waals surface area contributed by atoms with Gasteiger partial charge in [0, 0.05) is 19.8 Å². The fourth-order valence-corrected chi connectivity index (χ4v) is 1.92. The Bertz CT molecular complexity index is 640. The van der Waals surface area contributed by atoms with Gasteiger partial charge in [0.2, 0.25) is 5.84 Å². The van der Waals surface area contributed by atoms with Crippen molar-refractivity contribution >= 4 is 34.6 Å². The van der Waals surface area contributed by atoms with Crippen LogP contribution in [0.1, 0.15) is 5.69 Å². The van der Waals surface area contributed by atoms with E-state index in [0.717, 1.165) is 5.69 Å². The number of nitrogens with two attached hydrogens (primary N) is 1. The summed E-state index contributed by atoms with van der Waals surface area (Å²) in [7, 11) is 3.77. The van der Waals surface area contributed by atoms with Gasteiger partial charge in [0.05, 0.1) is 10.7 Å². The van der Waals surface area contributed by atoms with Crippen LogP contribution in [0, 0.1) is 0 Å². The maximum absolute atomic E-state index is 9.01. The Kier molecular flexibility index (Phi) is 3.94. The number of hydrogen-bond donors (Lipinski definition) is 3. The first kappa shape index (κ1) is 13.9. The van der Waals surface area contributed by atoms with E-state index in [1.54, 1.807) is 12.1 Å². The lowest BCUT2D eigenvalue weighted by atomic mass is 10.2. The first-order valence-corrected chi connectivity index (χ1v) is 5.95. The molecule has 1 aromatic carbocycles. The normalized spacial score (nSPS) is 11.4. The van der Waals surface area contributed by atoms with Gasteiger partial charge >= 0.3 is 0 Å². The average molecular weight is 297 g/mol. The predicted molar refractivity (Wildman–Crippen MR) is 76.4 cm³/mol. The van der Waals surface area contributed by atoms with Crippen LogP contribution in [-0.2, 0) is 0 Å². The molecule has 0 saturated heterocycles. The van der Waals surface area contributed by atoms with Crippen LogP contribution in [0.15, 0.2) is 28.0 Å². The van der Waals surface area contributed by atoms with Gasteiger partial charge in [-0.25, -0.2) is 4.63 Å². The van der Waals surface area contributed by atoms with E-state index in [1.807, 2.05) is 25.1 Å². The van der Waals surface area contributed by atoms with E-state index in [1.165, 1.54) is 0 Å². The first-order valence-electron chi connectivity index (χ1n) is 5.57. The zero-order valence-electron chi connectivity index (χ0n) is 10.8. The van der Waals surface area contributed by atoms with Crippen LogP contribution >= 0.6 is 11.6 Å². The van der Waals surface area contributed by atoms with Crippen molar-refractivity contribution < 1.29 is 9.84 Å². The Labute approximate surface area is 119 Å². The number of hydrogen-bond acceptors (Lipinski definition) is 7. The van der Waals surface area contributed by atoms with Crippen molar-refractivity contribution in [3.63, 3.8) is 0 Å². The van der Waals surface area contributed by atoms with Crippen LogP contribution in [0.5, 0.6) is 0 Å². The molecule has 0 aliphatic heterocycles. The van der Waals surface area contributed by atoms with Gasteiger partial charge in [0.15, 0.2) is 11.5 Å². The number of halogens is 1. The second kappa shape index (κ2) is 5.66. The number of nitrogens with zero attached hydrogens (tertiary/aromatic N) is 4. The number of benzene rings is 1. The molecule has 0 amide bonds. The third-order valence-corrected chi connectivity index (χ3v) is 2.83. The van der Waals surface area contributed by atoms with Crippen molar-refractivity contribution in [3.8, 4) is 0 Å². The molecule has 9 heteroatoms. The van der Waals surface area contributed by atoms with Crippen molar-refractivity contribution in [2.75, 3.05) is 30.0 Å². The van der Waals surface area contributed by atoms with E-state index >= 15 is 0 Å². The summed E-state index contributed by atoms with van der Waals surface area (Å²) in [6, 6.07) is 5.28. The van der Waals surface area contributed by atoms with Crippen molar-refractivity contribution in [2.24, 2.45) is 5.16 Å².